The summed E-state index contributed by atoms with van der Waals surface area (Å²) in [5.41, 5.74) is 3.81. The molecule has 0 bridgehead atoms. The number of allylic oxidation sites excluding steroid dienone is 1. The molecule has 0 spiro atoms. The summed E-state index contributed by atoms with van der Waals surface area (Å²) in [6.45, 7) is 7.41. The Morgan fingerprint density at radius 1 is 1.08 bits per heavy atom. The number of aldehydes is 1. The Morgan fingerprint density at radius 3 is 2.47 bits per heavy atom. The van der Waals surface area contributed by atoms with Gasteiger partial charge in [-0.05, 0) is 80.3 Å². The van der Waals surface area contributed by atoms with Crippen molar-refractivity contribution in [1.82, 2.24) is 9.88 Å². The molecule has 1 heterocycles. The SMILES string of the molecule is C=CC.CN(CCN(CC=O)C1CCC1)c1ccc(C(=O)Nc2cccc(C#Cc3ccccn3)c2)cc1. The molecular weight excluding hydrogens is 472 g/mol. The minimum atomic E-state index is -0.170. The van der Waals surface area contributed by atoms with Gasteiger partial charge in [0.25, 0.3) is 5.91 Å². The molecule has 0 atom stereocenters. The van der Waals surface area contributed by atoms with E-state index in [4.69, 9.17) is 0 Å². The summed E-state index contributed by atoms with van der Waals surface area (Å²) in [6, 6.07) is 21.2. The predicted molar refractivity (Wildman–Crippen MR) is 155 cm³/mol. The van der Waals surface area contributed by atoms with Crippen LogP contribution in [0.4, 0.5) is 11.4 Å². The van der Waals surface area contributed by atoms with Crippen LogP contribution in [-0.4, -0.2) is 54.8 Å². The third-order valence-electron chi connectivity index (χ3n) is 6.31. The number of rotatable bonds is 9. The van der Waals surface area contributed by atoms with Crippen LogP contribution in [0.25, 0.3) is 0 Å². The van der Waals surface area contributed by atoms with Crippen LogP contribution in [0, 0.1) is 11.8 Å². The summed E-state index contributed by atoms with van der Waals surface area (Å²) in [4.78, 5) is 32.4. The van der Waals surface area contributed by atoms with Crippen LogP contribution in [0.1, 0.15) is 47.8 Å². The van der Waals surface area contributed by atoms with E-state index in [1.165, 1.54) is 19.3 Å². The van der Waals surface area contributed by atoms with E-state index in [2.05, 4.69) is 38.5 Å². The molecule has 196 valence electrons. The molecule has 1 N–H and O–H groups in total. The van der Waals surface area contributed by atoms with Gasteiger partial charge in [0.15, 0.2) is 0 Å². The van der Waals surface area contributed by atoms with Crippen LogP contribution < -0.4 is 10.2 Å². The van der Waals surface area contributed by atoms with Crippen LogP contribution in [0.2, 0.25) is 0 Å². The second-order valence-corrected chi connectivity index (χ2v) is 9.12. The maximum absolute atomic E-state index is 12.8. The number of likely N-dealkylation sites (N-methyl/N-ethyl adjacent to an activating group) is 1. The maximum atomic E-state index is 12.8. The van der Waals surface area contributed by atoms with Crippen LogP contribution in [0.5, 0.6) is 0 Å². The molecule has 1 aliphatic carbocycles. The smallest absolute Gasteiger partial charge is 0.255 e. The molecule has 38 heavy (non-hydrogen) atoms. The summed E-state index contributed by atoms with van der Waals surface area (Å²) in [6.07, 6.45) is 8.07. The monoisotopic (exact) mass is 508 g/mol. The predicted octanol–water partition coefficient (Wildman–Crippen LogP) is 5.42. The molecule has 1 aromatic heterocycles. The van der Waals surface area contributed by atoms with Crippen LogP contribution in [0.3, 0.4) is 0 Å². The average Bonchev–Trinajstić information content (AvgIpc) is 2.91. The first-order chi connectivity index (χ1) is 18.5. The van der Waals surface area contributed by atoms with Crippen molar-refractivity contribution in [2.75, 3.05) is 36.9 Å². The van der Waals surface area contributed by atoms with Gasteiger partial charge in [-0.15, -0.1) is 6.58 Å². The highest BCUT2D eigenvalue weighted by atomic mass is 16.1. The molecule has 1 aliphatic rings. The molecule has 4 rings (SSSR count). The number of benzene rings is 2. The van der Waals surface area contributed by atoms with E-state index >= 15 is 0 Å². The van der Waals surface area contributed by atoms with Crippen molar-refractivity contribution in [3.63, 3.8) is 0 Å². The Labute approximate surface area is 226 Å². The van der Waals surface area contributed by atoms with E-state index in [0.29, 0.717) is 29.5 Å². The van der Waals surface area contributed by atoms with Gasteiger partial charge in [-0.1, -0.05) is 30.6 Å². The quantitative estimate of drug-likeness (QED) is 0.238. The Morgan fingerprint density at radius 2 is 1.84 bits per heavy atom. The highest BCUT2D eigenvalue weighted by Crippen LogP contribution is 2.24. The number of anilines is 2. The number of hydrogen-bond acceptors (Lipinski definition) is 5. The number of hydrogen-bond donors (Lipinski definition) is 1. The largest absolute Gasteiger partial charge is 0.373 e. The summed E-state index contributed by atoms with van der Waals surface area (Å²) >= 11 is 0. The zero-order valence-electron chi connectivity index (χ0n) is 22.3. The zero-order valence-corrected chi connectivity index (χ0v) is 22.3. The highest BCUT2D eigenvalue weighted by molar-refractivity contribution is 6.04. The number of amides is 1. The van der Waals surface area contributed by atoms with Crippen LogP contribution in [-0.2, 0) is 4.79 Å². The number of aromatic nitrogens is 1. The molecule has 0 unspecified atom stereocenters. The number of nitrogens with zero attached hydrogens (tertiary/aromatic N) is 3. The summed E-state index contributed by atoms with van der Waals surface area (Å²) in [7, 11) is 2.03. The van der Waals surface area contributed by atoms with E-state index in [-0.39, 0.29) is 5.91 Å². The van der Waals surface area contributed by atoms with Gasteiger partial charge < -0.3 is 15.0 Å². The Bertz CT molecular complexity index is 1240. The van der Waals surface area contributed by atoms with Gasteiger partial charge in [0.05, 0.1) is 6.54 Å². The molecule has 6 nitrogen and oxygen atoms in total. The molecule has 1 amide bonds. The molecule has 0 aliphatic heterocycles. The molecular formula is C32H36N4O2. The van der Waals surface area contributed by atoms with Gasteiger partial charge >= 0.3 is 0 Å². The van der Waals surface area contributed by atoms with Crippen LogP contribution in [0.15, 0.2) is 85.6 Å². The van der Waals surface area contributed by atoms with Gasteiger partial charge in [-0.25, -0.2) is 4.98 Å². The minimum absolute atomic E-state index is 0.170. The van der Waals surface area contributed by atoms with E-state index in [1.54, 1.807) is 12.3 Å². The van der Waals surface area contributed by atoms with Crippen LogP contribution >= 0.6 is 0 Å². The summed E-state index contributed by atoms with van der Waals surface area (Å²) < 4.78 is 0. The highest BCUT2D eigenvalue weighted by Gasteiger charge is 2.24. The minimum Gasteiger partial charge on any atom is -0.373 e. The lowest BCUT2D eigenvalue weighted by Crippen LogP contribution is -2.44. The molecule has 6 heteroatoms. The average molecular weight is 509 g/mol. The first-order valence-electron chi connectivity index (χ1n) is 12.9. The molecule has 1 saturated carbocycles. The first kappa shape index (κ1) is 28.4. The Hall–Kier alpha value is -4.21. The van der Waals surface area contributed by atoms with Crippen molar-refractivity contribution in [2.45, 2.75) is 32.2 Å². The fourth-order valence-corrected chi connectivity index (χ4v) is 4.00. The first-order valence-corrected chi connectivity index (χ1v) is 12.9. The van der Waals surface area contributed by atoms with Crippen molar-refractivity contribution < 1.29 is 9.59 Å². The van der Waals surface area contributed by atoms with Gasteiger partial charge in [-0.2, -0.15) is 0 Å². The summed E-state index contributed by atoms with van der Waals surface area (Å²) in [5, 5.41) is 2.95. The molecule has 2 aromatic carbocycles. The van der Waals surface area contributed by atoms with Crippen molar-refractivity contribution in [1.29, 1.82) is 0 Å². The number of pyridine rings is 1. The Kier molecular flexibility index (Phi) is 11.3. The second kappa shape index (κ2) is 15.1. The standard InChI is InChI=1S/C29H30N4O2.C3H6/c1-32(18-19-33(20-21-34)28-9-5-10-28)27-15-12-24(13-16-27)29(35)31-26-8-4-6-23(22-26)11-14-25-7-2-3-17-30-25;1-3-2/h2-4,6-8,12-13,15-17,21-22,28H,5,9-10,18-20H2,1H3,(H,31,35);3H,1H2,2H3. The van der Waals surface area contributed by atoms with E-state index in [0.717, 1.165) is 30.6 Å². The topological polar surface area (TPSA) is 65.5 Å². The van der Waals surface area contributed by atoms with Gasteiger partial charge in [0.2, 0.25) is 0 Å². The summed E-state index contributed by atoms with van der Waals surface area (Å²) in [5.74, 6) is 5.94. The van der Waals surface area contributed by atoms with E-state index in [9.17, 15) is 9.59 Å². The third-order valence-corrected chi connectivity index (χ3v) is 6.31. The third kappa shape index (κ3) is 8.72. The van der Waals surface area contributed by atoms with Gasteiger partial charge in [0.1, 0.15) is 12.0 Å². The fourth-order valence-electron chi connectivity index (χ4n) is 4.00. The van der Waals surface area contributed by atoms with Crippen molar-refractivity contribution >= 4 is 23.6 Å². The zero-order chi connectivity index (χ0) is 27.2. The van der Waals surface area contributed by atoms with Gasteiger partial charge in [0, 0.05) is 54.9 Å². The molecule has 3 aromatic rings. The maximum Gasteiger partial charge on any atom is 0.255 e. The fraction of sp³-hybridized carbons (Fsp3) is 0.281. The molecule has 0 saturated heterocycles. The lowest BCUT2D eigenvalue weighted by Gasteiger charge is -2.37. The van der Waals surface area contributed by atoms with E-state index in [1.807, 2.05) is 80.7 Å². The van der Waals surface area contributed by atoms with Crippen molar-refractivity contribution in [3.05, 3.63) is 102 Å². The second-order valence-electron chi connectivity index (χ2n) is 9.12. The lowest BCUT2D eigenvalue weighted by molar-refractivity contribution is -0.109. The molecule has 1 fully saturated rings. The van der Waals surface area contributed by atoms with Crippen molar-refractivity contribution in [2.24, 2.45) is 0 Å². The lowest BCUT2D eigenvalue weighted by atomic mass is 9.91. The number of carbonyl (C=O) groups excluding carboxylic acids is 2. The van der Waals surface area contributed by atoms with E-state index < -0.39 is 0 Å². The number of carbonyl (C=O) groups is 2. The normalized spacial score (nSPS) is 12.2. The van der Waals surface area contributed by atoms with Gasteiger partial charge in [-0.3, -0.25) is 9.69 Å². The van der Waals surface area contributed by atoms with Crippen molar-refractivity contribution in [3.8, 4) is 11.8 Å². The molecule has 0 radical (unpaired) electrons. The Balaban J connectivity index is 0.00000127. The number of nitrogens with one attached hydrogen (secondary N) is 1.